The molecular formula is C20H16FN5O. The second-order valence-corrected chi connectivity index (χ2v) is 6.44. The summed E-state index contributed by atoms with van der Waals surface area (Å²) in [5.74, 6) is 0.423. The van der Waals surface area contributed by atoms with Crippen molar-refractivity contribution in [1.82, 2.24) is 25.5 Å². The predicted molar refractivity (Wildman–Crippen MR) is 99.8 cm³/mol. The van der Waals surface area contributed by atoms with Gasteiger partial charge in [-0.05, 0) is 24.3 Å². The van der Waals surface area contributed by atoms with Crippen LogP contribution in [0, 0.1) is 5.82 Å². The summed E-state index contributed by atoms with van der Waals surface area (Å²) in [4.78, 5) is 8.73. The third-order valence-corrected chi connectivity index (χ3v) is 4.67. The van der Waals surface area contributed by atoms with E-state index in [1.165, 1.54) is 6.07 Å². The molecule has 0 bridgehead atoms. The maximum Gasteiger partial charge on any atom is 0.132 e. The van der Waals surface area contributed by atoms with Gasteiger partial charge in [0.1, 0.15) is 23.4 Å². The number of benzene rings is 1. The molecule has 1 aliphatic rings. The molecule has 1 aromatic carbocycles. The molecule has 0 spiro atoms. The lowest BCUT2D eigenvalue weighted by Crippen LogP contribution is -2.50. The quantitative estimate of drug-likeness (QED) is 0.584. The van der Waals surface area contributed by atoms with Gasteiger partial charge in [0.25, 0.3) is 0 Å². The Morgan fingerprint density at radius 1 is 1.07 bits per heavy atom. The number of nitrogens with zero attached hydrogens (tertiary/aromatic N) is 3. The molecule has 1 aliphatic heterocycles. The zero-order chi connectivity index (χ0) is 18.2. The molecule has 1 fully saturated rings. The molecule has 4 aromatic rings. The fraction of sp³-hybridized carbons (Fsp3) is 0.150. The number of ether oxygens (including phenoxy) is 1. The van der Waals surface area contributed by atoms with Crippen LogP contribution in [-0.2, 0) is 0 Å². The molecule has 6 nitrogen and oxygen atoms in total. The molecule has 4 heterocycles. The third-order valence-electron chi connectivity index (χ3n) is 4.67. The lowest BCUT2D eigenvalue weighted by Gasteiger charge is -2.28. The number of rotatable bonds is 4. The van der Waals surface area contributed by atoms with E-state index in [-0.39, 0.29) is 11.9 Å². The molecule has 0 radical (unpaired) electrons. The van der Waals surface area contributed by atoms with Gasteiger partial charge in [0.05, 0.1) is 23.0 Å². The number of pyridine rings is 2. The van der Waals surface area contributed by atoms with Gasteiger partial charge in [0, 0.05) is 36.4 Å². The van der Waals surface area contributed by atoms with Crippen LogP contribution in [-0.4, -0.2) is 39.4 Å². The van der Waals surface area contributed by atoms with Crippen LogP contribution in [0.15, 0.2) is 55.0 Å². The standard InChI is InChI=1S/C20H16FN5O/c21-16-4-2-1-3-13(16)20-14-7-17(24-11-18(14)25-26-20)15-10-22-6-5-19(15)27-12-8-23-9-12/h1-7,10-12,23H,8-9H2,(H,25,26). The lowest BCUT2D eigenvalue weighted by molar-refractivity contribution is 0.143. The van der Waals surface area contributed by atoms with Gasteiger partial charge in [-0.3, -0.25) is 15.1 Å². The molecule has 27 heavy (non-hydrogen) atoms. The first-order valence-corrected chi connectivity index (χ1v) is 8.70. The monoisotopic (exact) mass is 361 g/mol. The van der Waals surface area contributed by atoms with Crippen LogP contribution in [0.4, 0.5) is 4.39 Å². The van der Waals surface area contributed by atoms with E-state index in [2.05, 4.69) is 25.5 Å². The van der Waals surface area contributed by atoms with E-state index in [9.17, 15) is 4.39 Å². The Hall–Kier alpha value is -3.32. The highest BCUT2D eigenvalue weighted by Gasteiger charge is 2.21. The summed E-state index contributed by atoms with van der Waals surface area (Å²) in [5.41, 5.74) is 3.25. The van der Waals surface area contributed by atoms with Gasteiger partial charge in [-0.2, -0.15) is 5.10 Å². The van der Waals surface area contributed by atoms with Gasteiger partial charge in [0.2, 0.25) is 0 Å². The Kier molecular flexibility index (Phi) is 3.79. The number of H-pyrrole nitrogens is 1. The van der Waals surface area contributed by atoms with Gasteiger partial charge in [-0.15, -0.1) is 0 Å². The SMILES string of the molecule is Fc1ccccc1-c1n[nH]c2cnc(-c3cnccc3OC3CNC3)cc12. The van der Waals surface area contributed by atoms with Crippen LogP contribution in [0.25, 0.3) is 33.4 Å². The number of halogens is 1. The van der Waals surface area contributed by atoms with Gasteiger partial charge in [0.15, 0.2) is 0 Å². The Labute approximate surface area is 154 Å². The smallest absolute Gasteiger partial charge is 0.132 e. The minimum absolute atomic E-state index is 0.151. The number of hydrogen-bond donors (Lipinski definition) is 2. The highest BCUT2D eigenvalue weighted by molar-refractivity contribution is 5.94. The normalized spacial score (nSPS) is 14.3. The number of aromatic nitrogens is 4. The van der Waals surface area contributed by atoms with E-state index in [0.29, 0.717) is 17.0 Å². The first kappa shape index (κ1) is 15.9. The Bertz CT molecular complexity index is 1120. The molecule has 0 aliphatic carbocycles. The molecule has 0 unspecified atom stereocenters. The van der Waals surface area contributed by atoms with E-state index >= 15 is 0 Å². The highest BCUT2D eigenvalue weighted by Crippen LogP contribution is 2.33. The zero-order valence-corrected chi connectivity index (χ0v) is 14.3. The maximum atomic E-state index is 14.3. The highest BCUT2D eigenvalue weighted by atomic mass is 19.1. The van der Waals surface area contributed by atoms with Gasteiger partial charge in [-0.25, -0.2) is 4.39 Å². The molecular weight excluding hydrogens is 345 g/mol. The van der Waals surface area contributed by atoms with Crippen LogP contribution in [0.2, 0.25) is 0 Å². The molecule has 3 aromatic heterocycles. The van der Waals surface area contributed by atoms with Crippen LogP contribution in [0.5, 0.6) is 5.75 Å². The van der Waals surface area contributed by atoms with Crippen molar-refractivity contribution in [2.75, 3.05) is 13.1 Å². The molecule has 1 saturated heterocycles. The average molecular weight is 361 g/mol. The van der Waals surface area contributed by atoms with Gasteiger partial charge < -0.3 is 10.1 Å². The number of nitrogens with one attached hydrogen (secondary N) is 2. The Balaban J connectivity index is 1.61. The van der Waals surface area contributed by atoms with Crippen LogP contribution < -0.4 is 10.1 Å². The van der Waals surface area contributed by atoms with Crippen molar-refractivity contribution >= 4 is 10.9 Å². The summed E-state index contributed by atoms with van der Waals surface area (Å²) in [6.07, 6.45) is 5.28. The van der Waals surface area contributed by atoms with E-state index in [1.54, 1.807) is 36.8 Å². The number of hydrogen-bond acceptors (Lipinski definition) is 5. The predicted octanol–water partition coefficient (Wildman–Crippen LogP) is 3.18. The van der Waals surface area contributed by atoms with Crippen molar-refractivity contribution < 1.29 is 9.13 Å². The van der Waals surface area contributed by atoms with E-state index in [0.717, 1.165) is 35.3 Å². The van der Waals surface area contributed by atoms with E-state index < -0.39 is 0 Å². The first-order valence-electron chi connectivity index (χ1n) is 8.70. The minimum Gasteiger partial charge on any atom is -0.487 e. The van der Waals surface area contributed by atoms with Crippen molar-refractivity contribution in [1.29, 1.82) is 0 Å². The minimum atomic E-state index is -0.313. The summed E-state index contributed by atoms with van der Waals surface area (Å²) < 4.78 is 20.3. The number of aromatic amines is 1. The second kappa shape index (κ2) is 6.44. The topological polar surface area (TPSA) is 75.7 Å². The van der Waals surface area contributed by atoms with Gasteiger partial charge >= 0.3 is 0 Å². The van der Waals surface area contributed by atoms with Crippen molar-refractivity contribution in [3.8, 4) is 28.3 Å². The summed E-state index contributed by atoms with van der Waals surface area (Å²) in [6.45, 7) is 1.65. The second-order valence-electron chi connectivity index (χ2n) is 6.44. The first-order chi connectivity index (χ1) is 13.3. The summed E-state index contributed by atoms with van der Waals surface area (Å²) >= 11 is 0. The zero-order valence-electron chi connectivity index (χ0n) is 14.3. The van der Waals surface area contributed by atoms with Crippen molar-refractivity contribution in [2.45, 2.75) is 6.10 Å². The summed E-state index contributed by atoms with van der Waals surface area (Å²) in [5, 5.41) is 11.2. The summed E-state index contributed by atoms with van der Waals surface area (Å²) in [6, 6.07) is 10.3. The van der Waals surface area contributed by atoms with Crippen LogP contribution in [0.1, 0.15) is 0 Å². The van der Waals surface area contributed by atoms with Crippen molar-refractivity contribution in [3.63, 3.8) is 0 Å². The lowest BCUT2D eigenvalue weighted by atomic mass is 10.1. The molecule has 0 amide bonds. The number of fused-ring (bicyclic) bond motifs is 1. The fourth-order valence-electron chi connectivity index (χ4n) is 3.12. The Morgan fingerprint density at radius 3 is 2.78 bits per heavy atom. The molecule has 7 heteroatoms. The third kappa shape index (κ3) is 2.82. The summed E-state index contributed by atoms with van der Waals surface area (Å²) in [7, 11) is 0. The Morgan fingerprint density at radius 2 is 1.96 bits per heavy atom. The fourth-order valence-corrected chi connectivity index (χ4v) is 3.12. The van der Waals surface area contributed by atoms with E-state index in [1.807, 2.05) is 12.1 Å². The molecule has 0 atom stereocenters. The average Bonchev–Trinajstić information content (AvgIpc) is 3.08. The largest absolute Gasteiger partial charge is 0.487 e. The van der Waals surface area contributed by atoms with E-state index in [4.69, 9.17) is 4.74 Å². The van der Waals surface area contributed by atoms with Crippen molar-refractivity contribution in [3.05, 3.63) is 60.8 Å². The molecule has 134 valence electrons. The van der Waals surface area contributed by atoms with Gasteiger partial charge in [-0.1, -0.05) is 12.1 Å². The molecule has 0 saturated carbocycles. The van der Waals surface area contributed by atoms with Crippen LogP contribution in [0.3, 0.4) is 0 Å². The molecule has 5 rings (SSSR count). The van der Waals surface area contributed by atoms with Crippen molar-refractivity contribution in [2.24, 2.45) is 0 Å². The molecule has 2 N–H and O–H groups in total. The maximum absolute atomic E-state index is 14.3. The van der Waals surface area contributed by atoms with Crippen LogP contribution >= 0.6 is 0 Å².